The van der Waals surface area contributed by atoms with Gasteiger partial charge in [-0.15, -0.1) is 10.2 Å². The highest BCUT2D eigenvalue weighted by Gasteiger charge is 2.06. The van der Waals surface area contributed by atoms with Gasteiger partial charge < -0.3 is 0 Å². The van der Waals surface area contributed by atoms with Crippen LogP contribution in [0.3, 0.4) is 0 Å². The third-order valence-electron chi connectivity index (χ3n) is 2.65. The molecule has 0 fully saturated rings. The smallest absolute Gasteiger partial charge is 0.148 e. The molecular formula is C11H10ClN7. The Hall–Kier alpha value is -2.28. The van der Waals surface area contributed by atoms with Crippen LogP contribution in [0.25, 0.3) is 5.69 Å². The Morgan fingerprint density at radius 2 is 1.89 bits per heavy atom. The van der Waals surface area contributed by atoms with Crippen molar-refractivity contribution in [1.29, 1.82) is 0 Å². The molecule has 0 saturated carbocycles. The number of nitrogens with zero attached hydrogens (tertiary/aromatic N) is 7. The minimum atomic E-state index is 0.492. The molecule has 0 radical (unpaired) electrons. The van der Waals surface area contributed by atoms with Crippen LogP contribution >= 0.6 is 11.6 Å². The van der Waals surface area contributed by atoms with E-state index in [1.807, 2.05) is 37.4 Å². The Bertz CT molecular complexity index is 685. The van der Waals surface area contributed by atoms with E-state index in [-0.39, 0.29) is 0 Å². The molecule has 0 aliphatic heterocycles. The van der Waals surface area contributed by atoms with Gasteiger partial charge in [-0.1, -0.05) is 16.8 Å². The van der Waals surface area contributed by atoms with Crippen molar-refractivity contribution in [3.63, 3.8) is 0 Å². The summed E-state index contributed by atoms with van der Waals surface area (Å²) < 4.78 is 3.35. The zero-order valence-electron chi connectivity index (χ0n) is 10.1. The number of aryl methyl sites for hydroxylation is 1. The van der Waals surface area contributed by atoms with Crippen LogP contribution < -0.4 is 0 Å². The maximum atomic E-state index is 5.85. The molecule has 0 atom stereocenters. The van der Waals surface area contributed by atoms with Crippen molar-refractivity contribution in [3.8, 4) is 5.69 Å². The molecule has 0 aliphatic carbocycles. The Labute approximate surface area is 113 Å². The number of aromatic nitrogens is 7. The Kier molecular flexibility index (Phi) is 2.96. The van der Waals surface area contributed by atoms with Crippen molar-refractivity contribution in [2.75, 3.05) is 0 Å². The average Bonchev–Trinajstić information content (AvgIpc) is 3.01. The minimum absolute atomic E-state index is 0.492. The maximum Gasteiger partial charge on any atom is 0.148 e. The van der Waals surface area contributed by atoms with Gasteiger partial charge in [0, 0.05) is 5.02 Å². The predicted molar refractivity (Wildman–Crippen MR) is 68.0 cm³/mol. The van der Waals surface area contributed by atoms with Gasteiger partial charge in [0.15, 0.2) is 0 Å². The van der Waals surface area contributed by atoms with Gasteiger partial charge in [-0.25, -0.2) is 9.36 Å². The van der Waals surface area contributed by atoms with Crippen LogP contribution in [0.15, 0.2) is 30.5 Å². The fourth-order valence-corrected chi connectivity index (χ4v) is 1.77. The van der Waals surface area contributed by atoms with Crippen LogP contribution in [0.2, 0.25) is 5.02 Å². The Balaban J connectivity index is 1.83. The van der Waals surface area contributed by atoms with Gasteiger partial charge in [-0.05, 0) is 41.6 Å². The maximum absolute atomic E-state index is 5.85. The quantitative estimate of drug-likeness (QED) is 0.719. The van der Waals surface area contributed by atoms with Crippen LogP contribution in [0.5, 0.6) is 0 Å². The number of benzene rings is 1. The van der Waals surface area contributed by atoms with Crippen LogP contribution in [0.4, 0.5) is 0 Å². The second kappa shape index (κ2) is 4.77. The van der Waals surface area contributed by atoms with Gasteiger partial charge in [0.2, 0.25) is 0 Å². The molecule has 1 aromatic carbocycles. The van der Waals surface area contributed by atoms with Crippen molar-refractivity contribution in [2.24, 2.45) is 0 Å². The number of hydrogen-bond acceptors (Lipinski definition) is 5. The molecule has 0 amide bonds. The van der Waals surface area contributed by atoms with E-state index in [0.717, 1.165) is 17.2 Å². The van der Waals surface area contributed by atoms with Gasteiger partial charge in [0.1, 0.15) is 11.5 Å². The molecule has 2 heterocycles. The van der Waals surface area contributed by atoms with Crippen molar-refractivity contribution in [2.45, 2.75) is 13.5 Å². The average molecular weight is 276 g/mol. The molecule has 19 heavy (non-hydrogen) atoms. The van der Waals surface area contributed by atoms with Crippen LogP contribution in [0.1, 0.15) is 11.5 Å². The molecule has 3 rings (SSSR count). The first-order chi connectivity index (χ1) is 9.22. The molecule has 0 spiro atoms. The Morgan fingerprint density at radius 1 is 1.11 bits per heavy atom. The fraction of sp³-hybridized carbons (Fsp3) is 0.182. The Morgan fingerprint density at radius 3 is 2.58 bits per heavy atom. The lowest BCUT2D eigenvalue weighted by atomic mass is 10.3. The molecule has 0 aliphatic rings. The molecule has 8 heteroatoms. The molecule has 0 saturated heterocycles. The largest absolute Gasteiger partial charge is 0.224 e. The van der Waals surface area contributed by atoms with Crippen LogP contribution in [-0.2, 0) is 6.54 Å². The summed E-state index contributed by atoms with van der Waals surface area (Å²) in [5.41, 5.74) is 1.68. The first-order valence-corrected chi connectivity index (χ1v) is 6.00. The molecule has 96 valence electrons. The summed E-state index contributed by atoms with van der Waals surface area (Å²) in [6.07, 6.45) is 1.84. The van der Waals surface area contributed by atoms with Crippen molar-refractivity contribution in [3.05, 3.63) is 47.0 Å². The lowest BCUT2D eigenvalue weighted by Gasteiger charge is -1.99. The predicted octanol–water partition coefficient (Wildman–Crippen LogP) is 1.26. The second-order valence-electron chi connectivity index (χ2n) is 4.01. The van der Waals surface area contributed by atoms with Crippen LogP contribution in [-0.4, -0.2) is 35.2 Å². The summed E-state index contributed by atoms with van der Waals surface area (Å²) >= 11 is 5.85. The molecule has 0 N–H and O–H groups in total. The zero-order chi connectivity index (χ0) is 13.2. The standard InChI is InChI=1S/C11H10ClN7/c1-8-13-15-17-18(8)6-10-7-19(16-14-10)11-4-2-9(12)3-5-11/h2-5,7H,6H2,1H3. The first-order valence-electron chi connectivity index (χ1n) is 5.62. The van der Waals surface area contributed by atoms with Gasteiger partial charge in [-0.2, -0.15) is 0 Å². The topological polar surface area (TPSA) is 74.3 Å². The van der Waals surface area contributed by atoms with Gasteiger partial charge in [0.25, 0.3) is 0 Å². The zero-order valence-corrected chi connectivity index (χ0v) is 10.9. The number of halogens is 1. The van der Waals surface area contributed by atoms with E-state index in [0.29, 0.717) is 11.6 Å². The normalized spacial score (nSPS) is 10.8. The second-order valence-corrected chi connectivity index (χ2v) is 4.45. The summed E-state index contributed by atoms with van der Waals surface area (Å²) in [6, 6.07) is 7.37. The third kappa shape index (κ3) is 2.45. The number of hydrogen-bond donors (Lipinski definition) is 0. The SMILES string of the molecule is Cc1nnnn1Cc1cn(-c2ccc(Cl)cc2)nn1. The van der Waals surface area contributed by atoms with Gasteiger partial charge in [0.05, 0.1) is 18.4 Å². The summed E-state index contributed by atoms with van der Waals surface area (Å²) in [6.45, 7) is 2.33. The lowest BCUT2D eigenvalue weighted by molar-refractivity contribution is 0.621. The highest BCUT2D eigenvalue weighted by molar-refractivity contribution is 6.30. The fourth-order valence-electron chi connectivity index (χ4n) is 1.64. The van der Waals surface area contributed by atoms with E-state index in [4.69, 9.17) is 11.6 Å². The lowest BCUT2D eigenvalue weighted by Crippen LogP contribution is -2.04. The molecule has 7 nitrogen and oxygen atoms in total. The number of rotatable bonds is 3. The first kappa shape index (κ1) is 11.8. The van der Waals surface area contributed by atoms with Crippen molar-refractivity contribution < 1.29 is 0 Å². The highest BCUT2D eigenvalue weighted by Crippen LogP contribution is 2.12. The van der Waals surface area contributed by atoms with Crippen molar-refractivity contribution in [1.82, 2.24) is 35.2 Å². The summed E-state index contributed by atoms with van der Waals surface area (Å²) in [5.74, 6) is 0.737. The highest BCUT2D eigenvalue weighted by atomic mass is 35.5. The third-order valence-corrected chi connectivity index (χ3v) is 2.91. The molecule has 0 bridgehead atoms. The van der Waals surface area contributed by atoms with E-state index in [9.17, 15) is 0 Å². The summed E-state index contributed by atoms with van der Waals surface area (Å²) in [7, 11) is 0. The van der Waals surface area contributed by atoms with E-state index in [2.05, 4.69) is 25.8 Å². The van der Waals surface area contributed by atoms with Crippen molar-refractivity contribution >= 4 is 11.6 Å². The minimum Gasteiger partial charge on any atom is -0.224 e. The van der Waals surface area contributed by atoms with E-state index >= 15 is 0 Å². The summed E-state index contributed by atoms with van der Waals surface area (Å²) in [4.78, 5) is 0. The van der Waals surface area contributed by atoms with E-state index in [1.54, 1.807) is 9.36 Å². The molecular weight excluding hydrogens is 266 g/mol. The van der Waals surface area contributed by atoms with Gasteiger partial charge in [-0.3, -0.25) is 0 Å². The van der Waals surface area contributed by atoms with E-state index < -0.39 is 0 Å². The monoisotopic (exact) mass is 275 g/mol. The number of tetrazole rings is 1. The van der Waals surface area contributed by atoms with E-state index in [1.165, 1.54) is 0 Å². The molecule has 0 unspecified atom stereocenters. The molecule has 3 aromatic rings. The van der Waals surface area contributed by atoms with Crippen LogP contribution in [0, 0.1) is 6.92 Å². The molecule has 2 aromatic heterocycles. The van der Waals surface area contributed by atoms with Gasteiger partial charge >= 0.3 is 0 Å². The summed E-state index contributed by atoms with van der Waals surface area (Å²) in [5, 5.41) is 20.1.